The maximum absolute atomic E-state index is 12.9. The van der Waals surface area contributed by atoms with E-state index < -0.39 is 10.0 Å². The zero-order valence-electron chi connectivity index (χ0n) is 15.2. The first kappa shape index (κ1) is 18.6. The van der Waals surface area contributed by atoms with E-state index in [1.165, 1.54) is 4.31 Å². The minimum Gasteiger partial charge on any atom is -0.337 e. The van der Waals surface area contributed by atoms with Gasteiger partial charge in [0.15, 0.2) is 0 Å². The molecule has 0 radical (unpaired) electrons. The molecule has 1 aliphatic rings. The standard InChI is InChI=1S/C20H24N2O3S/c1-16-7-5-9-18(15-16)26(24,25)22-12-6-11-21(13-14-22)20(23)19-10-4-3-8-17(19)2/h3-5,7-10,15H,6,11-14H2,1-2H3. The van der Waals surface area contributed by atoms with Crippen molar-refractivity contribution in [2.24, 2.45) is 0 Å². The highest BCUT2D eigenvalue weighted by molar-refractivity contribution is 7.89. The monoisotopic (exact) mass is 372 g/mol. The van der Waals surface area contributed by atoms with E-state index in [9.17, 15) is 13.2 Å². The first-order valence-corrected chi connectivity index (χ1v) is 10.3. The number of hydrogen-bond donors (Lipinski definition) is 0. The van der Waals surface area contributed by atoms with E-state index in [0.29, 0.717) is 43.1 Å². The lowest BCUT2D eigenvalue weighted by molar-refractivity contribution is 0.0763. The van der Waals surface area contributed by atoms with Crippen molar-refractivity contribution < 1.29 is 13.2 Å². The number of sulfonamides is 1. The molecule has 6 heteroatoms. The van der Waals surface area contributed by atoms with Crippen molar-refractivity contribution in [2.75, 3.05) is 26.2 Å². The maximum atomic E-state index is 12.9. The molecule has 3 rings (SSSR count). The van der Waals surface area contributed by atoms with Gasteiger partial charge in [-0.3, -0.25) is 4.79 Å². The lowest BCUT2D eigenvalue weighted by atomic mass is 10.1. The summed E-state index contributed by atoms with van der Waals surface area (Å²) in [6, 6.07) is 14.5. The first-order chi connectivity index (χ1) is 12.4. The van der Waals surface area contributed by atoms with Crippen LogP contribution >= 0.6 is 0 Å². The Hall–Kier alpha value is -2.18. The van der Waals surface area contributed by atoms with Crippen LogP contribution in [0.4, 0.5) is 0 Å². The molecular weight excluding hydrogens is 348 g/mol. The molecule has 1 fully saturated rings. The van der Waals surface area contributed by atoms with Crippen LogP contribution in [0.15, 0.2) is 53.4 Å². The van der Waals surface area contributed by atoms with Crippen molar-refractivity contribution in [3.8, 4) is 0 Å². The molecule has 0 unspecified atom stereocenters. The number of amides is 1. The second-order valence-corrected chi connectivity index (χ2v) is 8.62. The minimum absolute atomic E-state index is 0.0297. The van der Waals surface area contributed by atoms with E-state index in [2.05, 4.69) is 0 Å². The number of rotatable bonds is 3. The van der Waals surface area contributed by atoms with E-state index >= 15 is 0 Å². The number of hydrogen-bond acceptors (Lipinski definition) is 3. The number of nitrogens with zero attached hydrogens (tertiary/aromatic N) is 2. The average Bonchev–Trinajstić information content (AvgIpc) is 2.88. The van der Waals surface area contributed by atoms with Crippen LogP contribution in [0.2, 0.25) is 0 Å². The predicted molar refractivity (Wildman–Crippen MR) is 102 cm³/mol. The summed E-state index contributed by atoms with van der Waals surface area (Å²) in [5, 5.41) is 0. The van der Waals surface area contributed by atoms with Crippen molar-refractivity contribution in [1.29, 1.82) is 0 Å². The summed E-state index contributed by atoms with van der Waals surface area (Å²) < 4.78 is 27.3. The fourth-order valence-corrected chi connectivity index (χ4v) is 4.82. The van der Waals surface area contributed by atoms with Gasteiger partial charge in [-0.15, -0.1) is 0 Å². The Morgan fingerprint density at radius 3 is 2.42 bits per heavy atom. The van der Waals surface area contributed by atoms with Crippen LogP contribution in [0.3, 0.4) is 0 Å². The van der Waals surface area contributed by atoms with E-state index in [1.54, 1.807) is 23.1 Å². The Labute approximate surface area is 155 Å². The van der Waals surface area contributed by atoms with Gasteiger partial charge in [-0.25, -0.2) is 8.42 Å². The molecule has 1 heterocycles. The van der Waals surface area contributed by atoms with Crippen molar-refractivity contribution in [2.45, 2.75) is 25.2 Å². The molecule has 26 heavy (non-hydrogen) atoms. The molecule has 1 aliphatic heterocycles. The van der Waals surface area contributed by atoms with E-state index in [-0.39, 0.29) is 5.91 Å². The molecule has 1 amide bonds. The molecule has 0 aliphatic carbocycles. The van der Waals surface area contributed by atoms with Crippen LogP contribution < -0.4 is 0 Å². The van der Waals surface area contributed by atoms with Gasteiger partial charge in [-0.2, -0.15) is 4.31 Å². The predicted octanol–water partition coefficient (Wildman–Crippen LogP) is 2.84. The third kappa shape index (κ3) is 3.81. The van der Waals surface area contributed by atoms with Crippen LogP contribution in [0.25, 0.3) is 0 Å². The lowest BCUT2D eigenvalue weighted by Crippen LogP contribution is -2.37. The Balaban J connectivity index is 1.76. The van der Waals surface area contributed by atoms with Gasteiger partial charge in [0.1, 0.15) is 0 Å². The lowest BCUT2D eigenvalue weighted by Gasteiger charge is -2.22. The summed E-state index contributed by atoms with van der Waals surface area (Å²) in [5.74, 6) is -0.0297. The molecule has 0 bridgehead atoms. The molecule has 1 saturated heterocycles. The molecule has 0 saturated carbocycles. The largest absolute Gasteiger partial charge is 0.337 e. The fourth-order valence-electron chi connectivity index (χ4n) is 3.25. The third-order valence-corrected chi connectivity index (χ3v) is 6.64. The third-order valence-electron chi connectivity index (χ3n) is 4.74. The summed E-state index contributed by atoms with van der Waals surface area (Å²) >= 11 is 0. The molecule has 0 N–H and O–H groups in total. The number of benzene rings is 2. The number of carbonyl (C=O) groups excluding carboxylic acids is 1. The van der Waals surface area contributed by atoms with Crippen molar-refractivity contribution in [3.05, 3.63) is 65.2 Å². The highest BCUT2D eigenvalue weighted by Gasteiger charge is 2.28. The summed E-state index contributed by atoms with van der Waals surface area (Å²) in [5.41, 5.74) is 2.53. The van der Waals surface area contributed by atoms with Crippen LogP contribution in [0.5, 0.6) is 0 Å². The van der Waals surface area contributed by atoms with Crippen LogP contribution in [-0.4, -0.2) is 49.7 Å². The first-order valence-electron chi connectivity index (χ1n) is 8.81. The van der Waals surface area contributed by atoms with Crippen LogP contribution in [0.1, 0.15) is 27.9 Å². The summed E-state index contributed by atoms with van der Waals surface area (Å²) in [6.07, 6.45) is 0.628. The summed E-state index contributed by atoms with van der Waals surface area (Å²) in [7, 11) is -3.53. The van der Waals surface area contributed by atoms with Gasteiger partial charge in [0, 0.05) is 31.7 Å². The van der Waals surface area contributed by atoms with Gasteiger partial charge in [-0.05, 0) is 49.6 Å². The van der Waals surface area contributed by atoms with Gasteiger partial charge >= 0.3 is 0 Å². The molecular formula is C20H24N2O3S. The van der Waals surface area contributed by atoms with Crippen molar-refractivity contribution in [3.63, 3.8) is 0 Å². The quantitative estimate of drug-likeness (QED) is 0.832. The second-order valence-electron chi connectivity index (χ2n) is 6.68. The molecule has 0 spiro atoms. The van der Waals surface area contributed by atoms with Crippen LogP contribution in [0, 0.1) is 13.8 Å². The Morgan fingerprint density at radius 1 is 0.923 bits per heavy atom. The molecule has 0 atom stereocenters. The van der Waals surface area contributed by atoms with Crippen molar-refractivity contribution in [1.82, 2.24) is 9.21 Å². The van der Waals surface area contributed by atoms with E-state index in [4.69, 9.17) is 0 Å². The average molecular weight is 372 g/mol. The number of aryl methyl sites for hydroxylation is 2. The zero-order chi connectivity index (χ0) is 18.7. The molecule has 5 nitrogen and oxygen atoms in total. The molecule has 2 aromatic rings. The van der Waals surface area contributed by atoms with Gasteiger partial charge in [0.05, 0.1) is 4.90 Å². The van der Waals surface area contributed by atoms with Crippen LogP contribution in [-0.2, 0) is 10.0 Å². The van der Waals surface area contributed by atoms with E-state index in [1.807, 2.05) is 44.2 Å². The normalized spacial score (nSPS) is 16.3. The topological polar surface area (TPSA) is 57.7 Å². The molecule has 2 aromatic carbocycles. The van der Waals surface area contributed by atoms with Gasteiger partial charge in [0.25, 0.3) is 5.91 Å². The molecule has 138 valence electrons. The summed E-state index contributed by atoms with van der Waals surface area (Å²) in [6.45, 7) is 5.50. The highest BCUT2D eigenvalue weighted by Crippen LogP contribution is 2.20. The van der Waals surface area contributed by atoms with E-state index in [0.717, 1.165) is 11.1 Å². The molecule has 0 aromatic heterocycles. The summed E-state index contributed by atoms with van der Waals surface area (Å²) in [4.78, 5) is 14.9. The maximum Gasteiger partial charge on any atom is 0.254 e. The number of carbonyl (C=O) groups is 1. The highest BCUT2D eigenvalue weighted by atomic mass is 32.2. The van der Waals surface area contributed by atoms with Gasteiger partial charge in [-0.1, -0.05) is 30.3 Å². The Morgan fingerprint density at radius 2 is 1.69 bits per heavy atom. The Bertz CT molecular complexity index is 909. The Kier molecular flexibility index (Phi) is 5.44. The fraction of sp³-hybridized carbons (Fsp3) is 0.350. The van der Waals surface area contributed by atoms with Gasteiger partial charge in [0.2, 0.25) is 10.0 Å². The second kappa shape index (κ2) is 7.60. The SMILES string of the molecule is Cc1cccc(S(=O)(=O)N2CCCN(C(=O)c3ccccc3C)CC2)c1. The smallest absolute Gasteiger partial charge is 0.254 e. The minimum atomic E-state index is -3.53. The van der Waals surface area contributed by atoms with Crippen molar-refractivity contribution >= 4 is 15.9 Å². The zero-order valence-corrected chi connectivity index (χ0v) is 16.0. The van der Waals surface area contributed by atoms with Gasteiger partial charge < -0.3 is 4.90 Å².